The molecule has 3 aliphatic rings. The van der Waals surface area contributed by atoms with E-state index >= 15 is 0 Å². The van der Waals surface area contributed by atoms with Gasteiger partial charge in [-0.25, -0.2) is 9.07 Å². The molecule has 12 aromatic rings. The van der Waals surface area contributed by atoms with Gasteiger partial charge in [0.2, 0.25) is 5.88 Å². The van der Waals surface area contributed by atoms with Crippen LogP contribution in [0.2, 0.25) is 0 Å². The highest BCUT2D eigenvalue weighted by Crippen LogP contribution is 2.47. The fourth-order valence-corrected chi connectivity index (χ4v) is 12.7. The van der Waals surface area contributed by atoms with Crippen LogP contribution in [-0.4, -0.2) is 115 Å². The van der Waals surface area contributed by atoms with Crippen molar-refractivity contribution < 1.29 is 9.13 Å². The Morgan fingerprint density at radius 2 is 0.896 bits per heavy atom. The average molecular weight is 1850 g/mol. The van der Waals surface area contributed by atoms with Crippen LogP contribution in [0.4, 0.5) is 4.39 Å². The summed E-state index contributed by atoms with van der Waals surface area (Å²) in [5.74, 6) is 1.14. The molecule has 688 valence electrons. The van der Waals surface area contributed by atoms with Gasteiger partial charge in [0.05, 0.1) is 120 Å². The summed E-state index contributed by atoms with van der Waals surface area (Å²) in [6, 6.07) is 26.5. The summed E-state index contributed by atoms with van der Waals surface area (Å²) >= 11 is 6.64. The minimum atomic E-state index is -0.298. The summed E-state index contributed by atoms with van der Waals surface area (Å²) in [7, 11) is 1.62. The lowest BCUT2D eigenvalue weighted by atomic mass is 9.93. The lowest BCUT2D eigenvalue weighted by Crippen LogP contribution is -2.24. The van der Waals surface area contributed by atoms with E-state index in [0.29, 0.717) is 17.0 Å². The largest absolute Gasteiger partial charge is 0.480 e. The van der Waals surface area contributed by atoms with Crippen molar-refractivity contribution in [3.8, 4) is 22.8 Å². The van der Waals surface area contributed by atoms with Gasteiger partial charge < -0.3 is 4.74 Å². The van der Waals surface area contributed by atoms with Gasteiger partial charge in [-0.2, -0.15) is 51.0 Å². The highest BCUT2D eigenvalue weighted by molar-refractivity contribution is 9.10. The molecular weight excluding hydrogens is 1690 g/mol. The number of hydrogen-bond acceptors (Lipinski definition) is 12. The van der Waals surface area contributed by atoms with Crippen molar-refractivity contribution in [3.63, 3.8) is 0 Å². The Labute approximate surface area is 766 Å². The molecule has 0 N–H and O–H groups in total. The van der Waals surface area contributed by atoms with E-state index in [1.165, 1.54) is 89.7 Å². The third-order valence-electron chi connectivity index (χ3n) is 20.4. The maximum atomic E-state index is 13.3. The molecule has 0 unspecified atom stereocenters. The number of halogens is 3. The standard InChI is InChI=1S/C13H16N2.C12H17FN4.C11H18N2.C11H20N2.2C10H16N2.C9H14N2.C8H13BrN2.C8H14N2O.C7H11BrN2/c1-13(2,3)15-10-9-12(14-15)11-7-5-4-6-8-11;1-8-10(13)6-16(14-8)11-7-17(12(3,4)5)15-9(11)2;1-10(2,3)13-8-5-9(12-13)11(4)6-7-11;1-10(2,3)9-7-8-13(12-9)11(4,5)6;1-10(2,3)12-7-6-9(11-12)8-4-5-8;1-10(2,3)12-7-8-5-4-6-9(8)11-12;1-5-8-6-7-11(10-8)9(2,3)4;1-6-5-7(9)10-11(6)8(2,3)4;1-8(2,3)10-6-5-7(9-10)11-4;1-7(2,3)10-5-4-6(8)9-10/h4-10H,1-3H3;6-7H,1-5H3;5,8H,6-7H2,1-4H3;7-8H,1-6H3;6-8H,4-5H2,1-3H3;7H,4-6H2,1-3H3;5-7H,1H2,2-4H3;5H,1-4H3;5-6H,1-4H3;4-5H,1-3H3. The van der Waals surface area contributed by atoms with Crippen molar-refractivity contribution in [2.75, 3.05) is 7.11 Å². The molecule has 23 nitrogen and oxygen atoms in total. The summed E-state index contributed by atoms with van der Waals surface area (Å²) in [5.41, 5.74) is 14.1. The van der Waals surface area contributed by atoms with Crippen LogP contribution in [0, 0.1) is 26.6 Å². The number of benzene rings is 1. The number of ether oxygens (including phenoxy) is 1. The van der Waals surface area contributed by atoms with Crippen molar-refractivity contribution >= 4 is 37.9 Å². The number of fused-ring (bicyclic) bond motifs is 1. The Balaban J connectivity index is 0.000000215. The van der Waals surface area contributed by atoms with Crippen LogP contribution in [-0.2, 0) is 79.1 Å². The average Bonchev–Trinajstić information content (AvgIpc) is 1.62. The SMILES string of the molecule is C=Cc1ccn(C(C)(C)C)n1.CC(C)(C)c1ccn(C(C)(C)C)n1.CC(C)(C)n1cc2c(n1)CCC2.CC(C)(C)n1ccc(-c2ccccc2)n1.CC(C)(C)n1ccc(Br)n1.CC(C)(C)n1ccc(C2CC2)n1.CC1(c2ccn(C(C)(C)C)n2)CC1.COc1ccn(C(C)(C)C)n1.Cc1cc(Br)nn1C(C)(C)C.Cc1nn(-c2cn(C(C)(C)C)nc2C)cc1F. The first-order valence-electron chi connectivity index (χ1n) is 44.0. The molecule has 0 amide bonds. The summed E-state index contributed by atoms with van der Waals surface area (Å²) in [5, 5.41) is 48.5. The van der Waals surface area contributed by atoms with Gasteiger partial charge in [0, 0.05) is 83.6 Å². The van der Waals surface area contributed by atoms with Crippen LogP contribution in [0.1, 0.15) is 325 Å². The zero-order valence-electron chi connectivity index (χ0n) is 83.5. The molecule has 0 radical (unpaired) electrons. The molecule has 15 rings (SSSR count). The lowest BCUT2D eigenvalue weighted by molar-refractivity contribution is 0.329. The Kier molecular flexibility index (Phi) is 34.7. The first-order valence-corrected chi connectivity index (χ1v) is 45.6. The minimum absolute atomic E-state index is 0.0385. The predicted octanol–water partition coefficient (Wildman–Crippen LogP) is 25.2. The maximum Gasteiger partial charge on any atom is 0.232 e. The van der Waals surface area contributed by atoms with E-state index in [4.69, 9.17) is 4.74 Å². The maximum absolute atomic E-state index is 13.3. The number of rotatable bonds is 6. The number of aryl methyl sites for hydroxylation is 5. The highest BCUT2D eigenvalue weighted by Gasteiger charge is 2.41. The number of aromatic nitrogens is 22. The quantitative estimate of drug-likeness (QED) is 0.152. The molecule has 2 fully saturated rings. The number of hydrogen-bond donors (Lipinski definition) is 0. The second-order valence-electron chi connectivity index (χ2n) is 44.0. The Morgan fingerprint density at radius 1 is 0.432 bits per heavy atom. The molecule has 26 heteroatoms. The van der Waals surface area contributed by atoms with Gasteiger partial charge in [-0.15, -0.1) is 5.10 Å². The van der Waals surface area contributed by atoms with E-state index in [1.807, 2.05) is 113 Å². The van der Waals surface area contributed by atoms with E-state index in [9.17, 15) is 4.39 Å². The first kappa shape index (κ1) is 105. The minimum Gasteiger partial charge on any atom is -0.480 e. The molecule has 0 spiro atoms. The van der Waals surface area contributed by atoms with Gasteiger partial charge in [0.15, 0.2) is 5.82 Å². The highest BCUT2D eigenvalue weighted by atomic mass is 79.9. The van der Waals surface area contributed by atoms with Crippen LogP contribution >= 0.6 is 31.9 Å². The van der Waals surface area contributed by atoms with E-state index in [2.05, 4.69) is 412 Å². The van der Waals surface area contributed by atoms with Crippen molar-refractivity contribution in [3.05, 3.63) is 214 Å². The van der Waals surface area contributed by atoms with Crippen molar-refractivity contribution in [2.24, 2.45) is 0 Å². The van der Waals surface area contributed by atoms with Crippen LogP contribution in [0.25, 0.3) is 23.0 Å². The Morgan fingerprint density at radius 3 is 1.26 bits per heavy atom. The van der Waals surface area contributed by atoms with Gasteiger partial charge in [-0.05, 0) is 359 Å². The van der Waals surface area contributed by atoms with Gasteiger partial charge in [-0.3, -0.25) is 46.8 Å². The molecule has 0 atom stereocenters. The van der Waals surface area contributed by atoms with Crippen LogP contribution in [0.15, 0.2) is 157 Å². The van der Waals surface area contributed by atoms with Crippen LogP contribution < -0.4 is 4.74 Å². The predicted molar refractivity (Wildman–Crippen MR) is 520 cm³/mol. The summed E-state index contributed by atoms with van der Waals surface area (Å²) in [6.07, 6.45) is 30.3. The molecule has 0 aliphatic heterocycles. The Bertz CT molecular complexity index is 5130. The van der Waals surface area contributed by atoms with Crippen LogP contribution in [0.5, 0.6) is 5.88 Å². The monoisotopic (exact) mass is 1850 g/mol. The Hall–Kier alpha value is -9.04. The summed E-state index contributed by atoms with van der Waals surface area (Å²) in [4.78, 5) is 0. The number of methoxy groups -OCH3 is 1. The zero-order chi connectivity index (χ0) is 94.6. The molecule has 1 aromatic carbocycles. The fraction of sp³-hybridized carbons (Fsp3) is 0.586. The summed E-state index contributed by atoms with van der Waals surface area (Å²) < 4.78 is 41.4. The topological polar surface area (TPSA) is 205 Å². The second kappa shape index (κ2) is 41.4. The van der Waals surface area contributed by atoms with Crippen LogP contribution in [0.3, 0.4) is 0 Å². The van der Waals surface area contributed by atoms with E-state index in [0.717, 1.165) is 43.6 Å². The van der Waals surface area contributed by atoms with Gasteiger partial charge >= 0.3 is 0 Å². The fourth-order valence-electron chi connectivity index (χ4n) is 12.0. The van der Waals surface area contributed by atoms with E-state index in [1.54, 1.807) is 20.1 Å². The van der Waals surface area contributed by atoms with E-state index < -0.39 is 0 Å². The van der Waals surface area contributed by atoms with Crippen molar-refractivity contribution in [1.82, 2.24) is 108 Å². The summed E-state index contributed by atoms with van der Waals surface area (Å²) in [6.45, 7) is 82.3. The van der Waals surface area contributed by atoms with Crippen molar-refractivity contribution in [2.45, 2.75) is 373 Å². The molecule has 11 aromatic heterocycles. The molecule has 0 bridgehead atoms. The van der Waals surface area contributed by atoms with Crippen molar-refractivity contribution in [1.29, 1.82) is 0 Å². The van der Waals surface area contributed by atoms with Gasteiger partial charge in [-0.1, -0.05) is 64.6 Å². The molecule has 3 aliphatic carbocycles. The third-order valence-corrected chi connectivity index (χ3v) is 21.2. The lowest BCUT2D eigenvalue weighted by Gasteiger charge is -2.20. The van der Waals surface area contributed by atoms with E-state index in [-0.39, 0.29) is 66.6 Å². The number of nitrogens with zero attached hydrogens (tertiary/aromatic N) is 22. The normalized spacial score (nSPS) is 14.0. The molecule has 2 saturated carbocycles. The third kappa shape index (κ3) is 32.7. The smallest absolute Gasteiger partial charge is 0.232 e. The molecule has 0 saturated heterocycles. The molecule has 125 heavy (non-hydrogen) atoms. The molecule has 11 heterocycles. The first-order chi connectivity index (χ1) is 57.1. The van der Waals surface area contributed by atoms with Gasteiger partial charge in [0.25, 0.3) is 0 Å². The zero-order valence-corrected chi connectivity index (χ0v) is 86.6. The second-order valence-corrected chi connectivity index (χ2v) is 45.7. The molecular formula is C99H155Br2FN22O. The van der Waals surface area contributed by atoms with Gasteiger partial charge in [0.1, 0.15) is 14.9 Å².